The average Bonchev–Trinajstić information content (AvgIpc) is 3.24. The molecule has 1 aliphatic carbocycles. The van der Waals surface area contributed by atoms with Crippen molar-refractivity contribution in [2.75, 3.05) is 7.11 Å². The monoisotopic (exact) mass is 349 g/mol. The summed E-state index contributed by atoms with van der Waals surface area (Å²) in [5.74, 6) is -2.66. The summed E-state index contributed by atoms with van der Waals surface area (Å²) in [4.78, 5) is 36.0. The summed E-state index contributed by atoms with van der Waals surface area (Å²) in [7, 11) is 1.23. The largest absolute Gasteiger partial charge is 0.469 e. The Morgan fingerprint density at radius 2 is 1.64 bits per heavy atom. The highest BCUT2D eigenvalue weighted by atomic mass is 16.6. The topological polar surface area (TPSA) is 90.9 Å². The molecule has 0 bridgehead atoms. The number of amides is 1. The van der Waals surface area contributed by atoms with Crippen LogP contribution in [0.15, 0.2) is 30.3 Å². The van der Waals surface area contributed by atoms with E-state index >= 15 is 0 Å². The Bertz CT molecular complexity index is 637. The SMILES string of the molecule is COC(=O)[C@@H]1[C@@H](NC(=O)OC(C)(C)C)[C@H]1C(=O)OCc1ccccc1. The molecule has 1 amide bonds. The molecule has 0 spiro atoms. The van der Waals surface area contributed by atoms with Crippen molar-refractivity contribution in [3.05, 3.63) is 35.9 Å². The number of carbonyl (C=O) groups is 3. The fraction of sp³-hybridized carbons (Fsp3) is 0.500. The van der Waals surface area contributed by atoms with Gasteiger partial charge in [-0.15, -0.1) is 0 Å². The van der Waals surface area contributed by atoms with Gasteiger partial charge in [-0.25, -0.2) is 4.79 Å². The molecule has 1 N–H and O–H groups in total. The molecule has 0 aliphatic heterocycles. The molecule has 136 valence electrons. The lowest BCUT2D eigenvalue weighted by Crippen LogP contribution is -2.35. The van der Waals surface area contributed by atoms with Gasteiger partial charge >= 0.3 is 18.0 Å². The highest BCUT2D eigenvalue weighted by Gasteiger charge is 2.62. The van der Waals surface area contributed by atoms with Gasteiger partial charge in [0.15, 0.2) is 0 Å². The second-order valence-electron chi connectivity index (χ2n) is 6.84. The lowest BCUT2D eigenvalue weighted by atomic mass is 10.2. The van der Waals surface area contributed by atoms with E-state index in [9.17, 15) is 14.4 Å². The van der Waals surface area contributed by atoms with Crippen LogP contribution in [0.1, 0.15) is 26.3 Å². The van der Waals surface area contributed by atoms with Gasteiger partial charge in [-0.05, 0) is 26.3 Å². The van der Waals surface area contributed by atoms with Crippen LogP contribution in [-0.2, 0) is 30.4 Å². The summed E-state index contributed by atoms with van der Waals surface area (Å²) in [5.41, 5.74) is 0.158. The van der Waals surface area contributed by atoms with Gasteiger partial charge in [0.05, 0.1) is 25.0 Å². The Morgan fingerprint density at radius 3 is 2.20 bits per heavy atom. The van der Waals surface area contributed by atoms with E-state index in [0.29, 0.717) is 0 Å². The minimum absolute atomic E-state index is 0.100. The first-order chi connectivity index (χ1) is 11.7. The number of esters is 2. The normalized spacial score (nSPS) is 21.8. The smallest absolute Gasteiger partial charge is 0.407 e. The molecule has 0 radical (unpaired) electrons. The molecular formula is C18H23NO6. The molecule has 1 aromatic carbocycles. The van der Waals surface area contributed by atoms with Crippen LogP contribution in [0, 0.1) is 11.8 Å². The lowest BCUT2D eigenvalue weighted by molar-refractivity contribution is -0.150. The van der Waals surface area contributed by atoms with Gasteiger partial charge in [-0.2, -0.15) is 0 Å². The average molecular weight is 349 g/mol. The summed E-state index contributed by atoms with van der Waals surface area (Å²) >= 11 is 0. The fourth-order valence-electron chi connectivity index (χ4n) is 2.48. The van der Waals surface area contributed by atoms with Crippen LogP contribution in [0.5, 0.6) is 0 Å². The van der Waals surface area contributed by atoms with Gasteiger partial charge in [0.25, 0.3) is 0 Å². The van der Waals surface area contributed by atoms with E-state index in [0.717, 1.165) is 5.56 Å². The first kappa shape index (κ1) is 18.8. The van der Waals surface area contributed by atoms with Crippen molar-refractivity contribution in [1.29, 1.82) is 0 Å². The number of hydrogen-bond donors (Lipinski definition) is 1. The molecule has 0 heterocycles. The maximum absolute atomic E-state index is 12.3. The predicted octanol–water partition coefficient (Wildman–Crippen LogP) is 2.04. The zero-order valence-corrected chi connectivity index (χ0v) is 14.8. The van der Waals surface area contributed by atoms with Crippen LogP contribution in [0.25, 0.3) is 0 Å². The van der Waals surface area contributed by atoms with E-state index in [-0.39, 0.29) is 6.61 Å². The summed E-state index contributed by atoms with van der Waals surface area (Å²) in [6.45, 7) is 5.28. The van der Waals surface area contributed by atoms with Crippen LogP contribution in [-0.4, -0.2) is 36.8 Å². The summed E-state index contributed by atoms with van der Waals surface area (Å²) in [6.07, 6.45) is -0.690. The van der Waals surface area contributed by atoms with E-state index in [1.807, 2.05) is 30.3 Å². The molecule has 0 aromatic heterocycles. The Morgan fingerprint density at radius 1 is 1.04 bits per heavy atom. The first-order valence-electron chi connectivity index (χ1n) is 8.01. The molecule has 1 saturated carbocycles. The number of benzene rings is 1. The molecule has 25 heavy (non-hydrogen) atoms. The molecular weight excluding hydrogens is 326 g/mol. The Kier molecular flexibility index (Phi) is 5.66. The van der Waals surface area contributed by atoms with Crippen LogP contribution in [0.4, 0.5) is 4.79 Å². The van der Waals surface area contributed by atoms with Crippen molar-refractivity contribution < 1.29 is 28.6 Å². The molecule has 0 unspecified atom stereocenters. The number of hydrogen-bond acceptors (Lipinski definition) is 6. The van der Waals surface area contributed by atoms with Gasteiger partial charge in [-0.1, -0.05) is 30.3 Å². The van der Waals surface area contributed by atoms with E-state index in [1.54, 1.807) is 20.8 Å². The van der Waals surface area contributed by atoms with Crippen molar-refractivity contribution in [3.8, 4) is 0 Å². The molecule has 2 rings (SSSR count). The van der Waals surface area contributed by atoms with Gasteiger partial charge in [0.1, 0.15) is 12.2 Å². The highest BCUT2D eigenvalue weighted by molar-refractivity contribution is 5.90. The summed E-state index contributed by atoms with van der Waals surface area (Å²) in [6, 6.07) is 8.50. The molecule has 3 atom stereocenters. The molecule has 0 saturated heterocycles. The summed E-state index contributed by atoms with van der Waals surface area (Å²) < 4.78 is 15.1. The standard InChI is InChI=1S/C18H23NO6/c1-18(2,3)25-17(22)19-14-12(15(20)23-4)13(14)16(21)24-10-11-8-6-5-7-9-11/h5-9,12-14H,10H2,1-4H3,(H,19,22)/t12-,13-,14+/m0/s1. The molecule has 1 fully saturated rings. The highest BCUT2D eigenvalue weighted by Crippen LogP contribution is 2.41. The molecule has 1 aromatic rings. The number of alkyl carbamates (subject to hydrolysis) is 1. The van der Waals surface area contributed by atoms with Crippen LogP contribution >= 0.6 is 0 Å². The van der Waals surface area contributed by atoms with E-state index in [1.165, 1.54) is 7.11 Å². The Balaban J connectivity index is 1.95. The third kappa shape index (κ3) is 5.20. The van der Waals surface area contributed by atoms with Crippen molar-refractivity contribution in [2.45, 2.75) is 39.0 Å². The second kappa shape index (κ2) is 7.55. The van der Waals surface area contributed by atoms with Gasteiger partial charge in [-0.3, -0.25) is 9.59 Å². The van der Waals surface area contributed by atoms with Crippen LogP contribution in [0.2, 0.25) is 0 Å². The Hall–Kier alpha value is -2.57. The molecule has 7 nitrogen and oxygen atoms in total. The second-order valence-corrected chi connectivity index (χ2v) is 6.84. The number of rotatable bonds is 5. The van der Waals surface area contributed by atoms with Crippen LogP contribution < -0.4 is 5.32 Å². The third-order valence-corrected chi connectivity index (χ3v) is 3.67. The number of methoxy groups -OCH3 is 1. The lowest BCUT2D eigenvalue weighted by Gasteiger charge is -2.19. The number of carbonyl (C=O) groups excluding carboxylic acids is 3. The summed E-state index contributed by atoms with van der Waals surface area (Å²) in [5, 5.41) is 2.54. The van der Waals surface area contributed by atoms with Gasteiger partial charge in [0.2, 0.25) is 0 Å². The van der Waals surface area contributed by atoms with Crippen molar-refractivity contribution in [3.63, 3.8) is 0 Å². The molecule has 7 heteroatoms. The molecule has 1 aliphatic rings. The van der Waals surface area contributed by atoms with E-state index < -0.39 is 41.5 Å². The van der Waals surface area contributed by atoms with Crippen molar-refractivity contribution >= 4 is 18.0 Å². The third-order valence-electron chi connectivity index (χ3n) is 3.67. The first-order valence-corrected chi connectivity index (χ1v) is 8.01. The maximum atomic E-state index is 12.3. The maximum Gasteiger partial charge on any atom is 0.407 e. The minimum atomic E-state index is -0.774. The van der Waals surface area contributed by atoms with Gasteiger partial charge in [0, 0.05) is 0 Å². The zero-order valence-electron chi connectivity index (χ0n) is 14.8. The number of nitrogens with one attached hydrogen (secondary N) is 1. The van der Waals surface area contributed by atoms with Crippen LogP contribution in [0.3, 0.4) is 0 Å². The predicted molar refractivity (Wildman–Crippen MR) is 88.4 cm³/mol. The number of ether oxygens (including phenoxy) is 3. The zero-order chi connectivity index (χ0) is 18.6. The van der Waals surface area contributed by atoms with Crippen molar-refractivity contribution in [2.24, 2.45) is 11.8 Å². The fourth-order valence-corrected chi connectivity index (χ4v) is 2.48. The van der Waals surface area contributed by atoms with Crippen molar-refractivity contribution in [1.82, 2.24) is 5.32 Å². The van der Waals surface area contributed by atoms with E-state index in [4.69, 9.17) is 14.2 Å². The van der Waals surface area contributed by atoms with E-state index in [2.05, 4.69) is 5.32 Å². The quantitative estimate of drug-likeness (QED) is 0.646. The van der Waals surface area contributed by atoms with Gasteiger partial charge < -0.3 is 19.5 Å². The minimum Gasteiger partial charge on any atom is -0.469 e. The Labute approximate surface area is 146 Å².